The van der Waals surface area contributed by atoms with Crippen LogP contribution in [0.25, 0.3) is 11.3 Å². The molecule has 2 N–H and O–H groups in total. The van der Waals surface area contributed by atoms with Crippen molar-refractivity contribution in [2.24, 2.45) is 5.92 Å². The van der Waals surface area contributed by atoms with Crippen LogP contribution in [0.1, 0.15) is 37.7 Å². The molecule has 2 aromatic rings. The van der Waals surface area contributed by atoms with Gasteiger partial charge >= 0.3 is 0 Å². The molecule has 1 aromatic carbocycles. The summed E-state index contributed by atoms with van der Waals surface area (Å²) in [7, 11) is 0. The highest BCUT2D eigenvalue weighted by Crippen LogP contribution is 2.23. The summed E-state index contributed by atoms with van der Waals surface area (Å²) in [5, 5.41) is 10.9. The van der Waals surface area contributed by atoms with Gasteiger partial charge in [0.1, 0.15) is 0 Å². The number of hydrogen-bond donors (Lipinski definition) is 2. The molecule has 1 saturated carbocycles. The van der Waals surface area contributed by atoms with Crippen LogP contribution in [-0.4, -0.2) is 16.7 Å². The molecule has 106 valence electrons. The molecular weight excluding hydrogens is 246 g/mol. The molecule has 0 spiro atoms. The van der Waals surface area contributed by atoms with Crippen molar-refractivity contribution in [3.63, 3.8) is 0 Å². The van der Waals surface area contributed by atoms with E-state index in [0.29, 0.717) is 0 Å². The van der Waals surface area contributed by atoms with Gasteiger partial charge < -0.3 is 5.32 Å². The van der Waals surface area contributed by atoms with E-state index in [1.54, 1.807) is 0 Å². The topological polar surface area (TPSA) is 40.7 Å². The van der Waals surface area contributed by atoms with Crippen molar-refractivity contribution in [1.82, 2.24) is 15.5 Å². The summed E-state index contributed by atoms with van der Waals surface area (Å²) in [6.07, 6.45) is 8.97. The van der Waals surface area contributed by atoms with E-state index in [4.69, 9.17) is 0 Å². The van der Waals surface area contributed by atoms with E-state index >= 15 is 0 Å². The normalized spacial score (nSPS) is 16.4. The van der Waals surface area contributed by atoms with Crippen molar-refractivity contribution < 1.29 is 0 Å². The van der Waals surface area contributed by atoms with Gasteiger partial charge in [0.05, 0.1) is 11.9 Å². The van der Waals surface area contributed by atoms with E-state index < -0.39 is 0 Å². The summed E-state index contributed by atoms with van der Waals surface area (Å²) < 4.78 is 0. The Labute approximate surface area is 120 Å². The zero-order chi connectivity index (χ0) is 13.6. The molecule has 3 nitrogen and oxygen atoms in total. The first-order valence-corrected chi connectivity index (χ1v) is 7.72. The summed E-state index contributed by atoms with van der Waals surface area (Å²) in [6.45, 7) is 2.04. The van der Waals surface area contributed by atoms with Crippen LogP contribution in [-0.2, 0) is 6.54 Å². The third-order valence-corrected chi connectivity index (χ3v) is 4.25. The van der Waals surface area contributed by atoms with E-state index in [2.05, 4.69) is 39.8 Å². The van der Waals surface area contributed by atoms with Gasteiger partial charge in [-0.05, 0) is 30.9 Å². The molecule has 0 bridgehead atoms. The van der Waals surface area contributed by atoms with Gasteiger partial charge in [0.15, 0.2) is 0 Å². The summed E-state index contributed by atoms with van der Waals surface area (Å²) in [4.78, 5) is 0. The lowest BCUT2D eigenvalue weighted by molar-refractivity contribution is 0.342. The number of nitrogens with zero attached hydrogens (tertiary/aromatic N) is 1. The Morgan fingerprint density at radius 3 is 2.70 bits per heavy atom. The summed E-state index contributed by atoms with van der Waals surface area (Å²) in [5.74, 6) is 0.871. The Balaban J connectivity index is 1.57. The van der Waals surface area contributed by atoms with Crippen molar-refractivity contribution in [2.75, 3.05) is 6.54 Å². The lowest BCUT2D eigenvalue weighted by Crippen LogP contribution is -2.24. The van der Waals surface area contributed by atoms with Gasteiger partial charge in [-0.1, -0.05) is 49.6 Å². The molecule has 20 heavy (non-hydrogen) atoms. The lowest BCUT2D eigenvalue weighted by Gasteiger charge is -2.21. The predicted octanol–water partition coefficient (Wildman–Crippen LogP) is 3.75. The molecule has 1 fully saturated rings. The molecule has 1 aromatic heterocycles. The van der Waals surface area contributed by atoms with E-state index in [9.17, 15) is 0 Å². The Bertz CT molecular complexity index is 512. The van der Waals surface area contributed by atoms with Gasteiger partial charge in [-0.2, -0.15) is 5.10 Å². The van der Waals surface area contributed by atoms with Crippen LogP contribution in [0.4, 0.5) is 0 Å². The van der Waals surface area contributed by atoms with Crippen LogP contribution in [0.5, 0.6) is 0 Å². The molecule has 0 radical (unpaired) electrons. The molecule has 1 aliphatic rings. The van der Waals surface area contributed by atoms with Crippen molar-refractivity contribution in [1.29, 1.82) is 0 Å². The van der Waals surface area contributed by atoms with Crippen LogP contribution in [0.15, 0.2) is 36.5 Å². The van der Waals surface area contributed by atoms with Crippen molar-refractivity contribution in [3.8, 4) is 11.3 Å². The zero-order valence-corrected chi connectivity index (χ0v) is 11.9. The van der Waals surface area contributed by atoms with Crippen LogP contribution in [0, 0.1) is 5.92 Å². The number of hydrogen-bond acceptors (Lipinski definition) is 2. The standard InChI is InChI=1S/C17H23N3/c1-3-7-14(8-4-1)11-18-12-16-13-19-20-17(16)15-9-5-2-6-10-15/h2,5-6,9-10,13-14,18H,1,3-4,7-8,11-12H2,(H,19,20). The maximum absolute atomic E-state index is 4.20. The third kappa shape index (κ3) is 3.28. The van der Waals surface area contributed by atoms with Gasteiger partial charge in [-0.3, -0.25) is 5.10 Å². The van der Waals surface area contributed by atoms with Crippen molar-refractivity contribution >= 4 is 0 Å². The molecule has 0 aliphatic heterocycles. The fraction of sp³-hybridized carbons (Fsp3) is 0.471. The Hall–Kier alpha value is -1.61. The SMILES string of the molecule is c1ccc(-c2[nH]ncc2CNCC2CCCCC2)cc1. The van der Waals surface area contributed by atoms with Crippen molar-refractivity contribution in [2.45, 2.75) is 38.6 Å². The van der Waals surface area contributed by atoms with E-state index in [1.807, 2.05) is 12.3 Å². The van der Waals surface area contributed by atoms with Gasteiger partial charge in [0.2, 0.25) is 0 Å². The second-order valence-corrected chi connectivity index (χ2v) is 5.77. The third-order valence-electron chi connectivity index (χ3n) is 4.25. The van der Waals surface area contributed by atoms with Gasteiger partial charge in [-0.15, -0.1) is 0 Å². The van der Waals surface area contributed by atoms with Crippen LogP contribution >= 0.6 is 0 Å². The van der Waals surface area contributed by atoms with Crippen molar-refractivity contribution in [3.05, 3.63) is 42.1 Å². The number of aromatic nitrogens is 2. The maximum atomic E-state index is 4.20. The average molecular weight is 269 g/mol. The summed E-state index contributed by atoms with van der Waals surface area (Å²) in [6, 6.07) is 10.4. The molecule has 3 rings (SSSR count). The second kappa shape index (κ2) is 6.71. The quantitative estimate of drug-likeness (QED) is 0.868. The molecule has 0 saturated heterocycles. The zero-order valence-electron chi connectivity index (χ0n) is 11.9. The molecule has 3 heteroatoms. The predicted molar refractivity (Wildman–Crippen MR) is 82.3 cm³/mol. The number of aromatic amines is 1. The minimum absolute atomic E-state index is 0.871. The first-order chi connectivity index (χ1) is 9.93. The fourth-order valence-corrected chi connectivity index (χ4v) is 3.10. The maximum Gasteiger partial charge on any atom is 0.0695 e. The lowest BCUT2D eigenvalue weighted by atomic mass is 9.89. The highest BCUT2D eigenvalue weighted by atomic mass is 15.1. The molecule has 1 aliphatic carbocycles. The Morgan fingerprint density at radius 1 is 1.10 bits per heavy atom. The van der Waals surface area contributed by atoms with Crippen LogP contribution < -0.4 is 5.32 Å². The number of H-pyrrole nitrogens is 1. The number of benzene rings is 1. The largest absolute Gasteiger partial charge is 0.312 e. The molecule has 0 amide bonds. The van der Waals surface area contributed by atoms with Gasteiger partial charge in [0, 0.05) is 12.1 Å². The van der Waals surface area contributed by atoms with Gasteiger partial charge in [0.25, 0.3) is 0 Å². The number of nitrogens with one attached hydrogen (secondary N) is 2. The molecule has 1 heterocycles. The minimum Gasteiger partial charge on any atom is -0.312 e. The Kier molecular flexibility index (Phi) is 4.49. The first-order valence-electron chi connectivity index (χ1n) is 7.72. The second-order valence-electron chi connectivity index (χ2n) is 5.77. The fourth-order valence-electron chi connectivity index (χ4n) is 3.10. The molecule has 0 atom stereocenters. The molecule has 0 unspecified atom stereocenters. The Morgan fingerprint density at radius 2 is 1.90 bits per heavy atom. The highest BCUT2D eigenvalue weighted by Gasteiger charge is 2.13. The monoisotopic (exact) mass is 269 g/mol. The van der Waals surface area contributed by atoms with E-state index in [-0.39, 0.29) is 0 Å². The average Bonchev–Trinajstić information content (AvgIpc) is 2.98. The first kappa shape index (κ1) is 13.4. The van der Waals surface area contributed by atoms with Crippen LogP contribution in [0.3, 0.4) is 0 Å². The summed E-state index contributed by atoms with van der Waals surface area (Å²) in [5.41, 5.74) is 3.60. The highest BCUT2D eigenvalue weighted by molar-refractivity contribution is 5.62. The van der Waals surface area contributed by atoms with E-state index in [1.165, 1.54) is 43.2 Å². The smallest absolute Gasteiger partial charge is 0.0695 e. The number of rotatable bonds is 5. The van der Waals surface area contributed by atoms with E-state index in [0.717, 1.165) is 24.7 Å². The van der Waals surface area contributed by atoms with Crippen LogP contribution in [0.2, 0.25) is 0 Å². The van der Waals surface area contributed by atoms with Gasteiger partial charge in [-0.25, -0.2) is 0 Å². The minimum atomic E-state index is 0.871. The molecular formula is C17H23N3. The summed E-state index contributed by atoms with van der Waals surface area (Å²) >= 11 is 0.